The summed E-state index contributed by atoms with van der Waals surface area (Å²) in [4.78, 5) is 11.3. The van der Waals surface area contributed by atoms with E-state index in [4.69, 9.17) is 23.2 Å². The second-order valence-electron chi connectivity index (χ2n) is 5.57. The Morgan fingerprint density at radius 1 is 1.14 bits per heavy atom. The molecule has 11 heteroatoms. The number of nitrogens with one attached hydrogen (secondary N) is 1. The third-order valence-electron chi connectivity index (χ3n) is 3.52. The van der Waals surface area contributed by atoms with Crippen LogP contribution >= 0.6 is 35.0 Å². The Morgan fingerprint density at radius 3 is 2.43 bits per heavy atom. The van der Waals surface area contributed by atoms with E-state index in [0.717, 1.165) is 23.9 Å². The fraction of sp³-hybridized carbons (Fsp3) is 0.235. The summed E-state index contributed by atoms with van der Waals surface area (Å²) in [7, 11) is -4.36. The fourth-order valence-electron chi connectivity index (χ4n) is 2.06. The summed E-state index contributed by atoms with van der Waals surface area (Å²) >= 11 is 12.5. The molecule has 0 fully saturated rings. The van der Waals surface area contributed by atoms with E-state index in [0.29, 0.717) is 17.4 Å². The molecule has 0 radical (unpaired) electrons. The van der Waals surface area contributed by atoms with Crippen LogP contribution in [-0.4, -0.2) is 20.0 Å². The van der Waals surface area contributed by atoms with E-state index in [1.54, 1.807) is 6.92 Å². The third-order valence-corrected chi connectivity index (χ3v) is 6.58. The lowest BCUT2D eigenvalue weighted by molar-refractivity contribution is -0.137. The second-order valence-corrected chi connectivity index (χ2v) is 9.11. The molecular formula is C17H14Cl2F3NO3S2. The zero-order valence-electron chi connectivity index (χ0n) is 14.3. The molecule has 0 bridgehead atoms. The Labute approximate surface area is 174 Å². The van der Waals surface area contributed by atoms with Crippen molar-refractivity contribution in [1.29, 1.82) is 0 Å². The van der Waals surface area contributed by atoms with Crippen LogP contribution in [0.15, 0.2) is 46.2 Å². The molecule has 0 aliphatic rings. The standard InChI is InChI=1S/C17H14Cl2F3NO3S2/c1-2-11(24)9-27-16-6-3-10(18)7-15(16)23-28(25,26)12-4-5-14(19)13(8-12)17(20,21)22/h3-8,23H,2,9H2,1H3. The SMILES string of the molecule is CCC(=O)CSc1ccc(Cl)cc1NS(=O)(=O)c1ccc(Cl)c(C(F)(F)F)c1. The Morgan fingerprint density at radius 2 is 1.82 bits per heavy atom. The van der Waals surface area contributed by atoms with Gasteiger partial charge in [-0.15, -0.1) is 11.8 Å². The van der Waals surface area contributed by atoms with Gasteiger partial charge in [-0.25, -0.2) is 8.42 Å². The summed E-state index contributed by atoms with van der Waals surface area (Å²) in [6.07, 6.45) is -4.48. The number of ketones is 1. The Bertz CT molecular complexity index is 996. The monoisotopic (exact) mass is 471 g/mol. The van der Waals surface area contributed by atoms with Gasteiger partial charge in [0.25, 0.3) is 10.0 Å². The third kappa shape index (κ3) is 5.79. The van der Waals surface area contributed by atoms with Crippen LogP contribution in [0, 0.1) is 0 Å². The molecule has 0 aromatic heterocycles. The molecule has 0 saturated carbocycles. The lowest BCUT2D eigenvalue weighted by Crippen LogP contribution is -2.15. The fourth-order valence-corrected chi connectivity index (χ4v) is 4.57. The first-order valence-corrected chi connectivity index (χ1v) is 11.0. The van der Waals surface area contributed by atoms with Gasteiger partial charge in [0, 0.05) is 16.3 Å². The quantitative estimate of drug-likeness (QED) is 0.511. The summed E-state index contributed by atoms with van der Waals surface area (Å²) in [5.41, 5.74) is -1.20. The molecule has 0 atom stereocenters. The number of sulfonamides is 1. The van der Waals surface area contributed by atoms with Crippen molar-refractivity contribution in [2.24, 2.45) is 0 Å². The summed E-state index contributed by atoms with van der Waals surface area (Å²) in [5.74, 6) is 0.0766. The van der Waals surface area contributed by atoms with E-state index in [-0.39, 0.29) is 22.2 Å². The largest absolute Gasteiger partial charge is 0.417 e. The minimum absolute atomic E-state index is 0.0405. The van der Waals surface area contributed by atoms with Gasteiger partial charge in [-0.3, -0.25) is 9.52 Å². The summed E-state index contributed by atoms with van der Waals surface area (Å²) < 4.78 is 66.5. The van der Waals surface area contributed by atoms with E-state index < -0.39 is 31.7 Å². The zero-order chi connectivity index (χ0) is 21.1. The number of benzene rings is 2. The van der Waals surface area contributed by atoms with Crippen LogP contribution in [0.4, 0.5) is 18.9 Å². The molecule has 2 rings (SSSR count). The highest BCUT2D eigenvalue weighted by Gasteiger charge is 2.34. The van der Waals surface area contributed by atoms with Gasteiger partial charge in [0.1, 0.15) is 5.78 Å². The first kappa shape index (κ1) is 22.9. The molecule has 0 amide bonds. The molecule has 0 heterocycles. The Hall–Kier alpha value is -1.42. The van der Waals surface area contributed by atoms with Crippen molar-refractivity contribution in [3.8, 4) is 0 Å². The van der Waals surface area contributed by atoms with Crippen LogP contribution in [0.2, 0.25) is 10.0 Å². The molecule has 0 aliphatic heterocycles. The van der Waals surface area contributed by atoms with Gasteiger partial charge in [-0.05, 0) is 36.4 Å². The molecule has 0 unspecified atom stereocenters. The lowest BCUT2D eigenvalue weighted by Gasteiger charge is -2.15. The molecule has 0 spiro atoms. The predicted molar refractivity (Wildman–Crippen MR) is 105 cm³/mol. The van der Waals surface area contributed by atoms with Gasteiger partial charge in [0.05, 0.1) is 26.9 Å². The topological polar surface area (TPSA) is 63.2 Å². The molecule has 1 N–H and O–H groups in total. The van der Waals surface area contributed by atoms with Crippen LogP contribution in [0.25, 0.3) is 0 Å². The highest BCUT2D eigenvalue weighted by atomic mass is 35.5. The van der Waals surface area contributed by atoms with Crippen molar-refractivity contribution < 1.29 is 26.4 Å². The highest BCUT2D eigenvalue weighted by Crippen LogP contribution is 2.37. The molecule has 0 aliphatic carbocycles. The number of hydrogen-bond acceptors (Lipinski definition) is 4. The van der Waals surface area contributed by atoms with Gasteiger partial charge in [-0.1, -0.05) is 30.1 Å². The maximum Gasteiger partial charge on any atom is 0.417 e. The minimum atomic E-state index is -4.81. The van der Waals surface area contributed by atoms with Crippen LogP contribution < -0.4 is 4.72 Å². The zero-order valence-corrected chi connectivity index (χ0v) is 17.5. The summed E-state index contributed by atoms with van der Waals surface area (Å²) in [6.45, 7) is 1.70. The van der Waals surface area contributed by atoms with Crippen molar-refractivity contribution in [3.63, 3.8) is 0 Å². The van der Waals surface area contributed by atoms with Crippen molar-refractivity contribution in [2.45, 2.75) is 29.3 Å². The number of rotatable bonds is 7. The number of thioether (sulfide) groups is 1. The van der Waals surface area contributed by atoms with Crippen LogP contribution in [0.3, 0.4) is 0 Å². The number of halogens is 5. The number of Topliss-reactive ketones (excluding diaryl/α,β-unsaturated/α-hetero) is 1. The van der Waals surface area contributed by atoms with Crippen LogP contribution in [0.5, 0.6) is 0 Å². The van der Waals surface area contributed by atoms with E-state index in [1.807, 2.05) is 0 Å². The maximum absolute atomic E-state index is 13.0. The van der Waals surface area contributed by atoms with Crippen molar-refractivity contribution in [2.75, 3.05) is 10.5 Å². The Balaban J connectivity index is 2.39. The first-order valence-electron chi connectivity index (χ1n) is 7.77. The van der Waals surface area contributed by atoms with E-state index in [9.17, 15) is 26.4 Å². The van der Waals surface area contributed by atoms with Crippen molar-refractivity contribution >= 4 is 56.5 Å². The van der Waals surface area contributed by atoms with Crippen LogP contribution in [0.1, 0.15) is 18.9 Å². The average molecular weight is 472 g/mol. The normalized spacial score (nSPS) is 12.1. The minimum Gasteiger partial charge on any atom is -0.299 e. The van der Waals surface area contributed by atoms with Gasteiger partial charge < -0.3 is 0 Å². The summed E-state index contributed by atoms with van der Waals surface area (Å²) in [5, 5.41) is -0.389. The van der Waals surface area contributed by atoms with Gasteiger partial charge >= 0.3 is 6.18 Å². The number of carbonyl (C=O) groups is 1. The molecule has 0 saturated heterocycles. The molecular weight excluding hydrogens is 458 g/mol. The number of hydrogen-bond donors (Lipinski definition) is 1. The lowest BCUT2D eigenvalue weighted by atomic mass is 10.2. The average Bonchev–Trinajstić information content (AvgIpc) is 2.59. The van der Waals surface area contributed by atoms with Gasteiger partial charge in [-0.2, -0.15) is 13.2 Å². The molecule has 4 nitrogen and oxygen atoms in total. The first-order chi connectivity index (χ1) is 12.9. The predicted octanol–water partition coefficient (Wildman–Crippen LogP) is 5.88. The van der Waals surface area contributed by atoms with E-state index in [1.165, 1.54) is 18.2 Å². The van der Waals surface area contributed by atoms with Gasteiger partial charge in [0.15, 0.2) is 0 Å². The van der Waals surface area contributed by atoms with Crippen molar-refractivity contribution in [3.05, 3.63) is 52.0 Å². The number of carbonyl (C=O) groups excluding carboxylic acids is 1. The highest BCUT2D eigenvalue weighted by molar-refractivity contribution is 8.00. The van der Waals surface area contributed by atoms with Crippen molar-refractivity contribution in [1.82, 2.24) is 0 Å². The molecule has 28 heavy (non-hydrogen) atoms. The maximum atomic E-state index is 13.0. The molecule has 2 aromatic carbocycles. The van der Waals surface area contributed by atoms with E-state index >= 15 is 0 Å². The summed E-state index contributed by atoms with van der Waals surface area (Å²) in [6, 6.07) is 6.66. The molecule has 2 aromatic rings. The van der Waals surface area contributed by atoms with Crippen LogP contribution in [-0.2, 0) is 21.0 Å². The van der Waals surface area contributed by atoms with Gasteiger partial charge in [0.2, 0.25) is 0 Å². The Kier molecular flexibility index (Phi) is 7.30. The second kappa shape index (κ2) is 8.94. The number of anilines is 1. The smallest absolute Gasteiger partial charge is 0.299 e. The number of alkyl halides is 3. The molecule has 152 valence electrons. The van der Waals surface area contributed by atoms with E-state index in [2.05, 4.69) is 4.72 Å².